The molecule has 0 bridgehead atoms. The monoisotopic (exact) mass is 387 g/mol. The Morgan fingerprint density at radius 3 is 2.07 bits per heavy atom. The number of carbonyl (C=O) groups excluding carboxylic acids is 2. The maximum absolute atomic E-state index is 12.3. The topological polar surface area (TPSA) is 64.6 Å². The van der Waals surface area contributed by atoms with E-state index in [1.54, 1.807) is 61.7 Å². The molecule has 0 unspecified atom stereocenters. The fourth-order valence-electron chi connectivity index (χ4n) is 2.54. The van der Waals surface area contributed by atoms with Gasteiger partial charge in [0, 0.05) is 17.3 Å². The first-order chi connectivity index (χ1) is 14.0. The zero-order chi connectivity index (χ0) is 20.6. The quantitative estimate of drug-likeness (QED) is 0.372. The lowest BCUT2D eigenvalue weighted by Gasteiger charge is -2.07. The van der Waals surface area contributed by atoms with Crippen molar-refractivity contribution < 1.29 is 19.1 Å². The van der Waals surface area contributed by atoms with Gasteiger partial charge >= 0.3 is 5.97 Å². The molecule has 3 aromatic carbocycles. The van der Waals surface area contributed by atoms with Crippen LogP contribution in [-0.4, -0.2) is 19.0 Å². The number of hydrogen-bond donors (Lipinski definition) is 1. The third kappa shape index (κ3) is 5.81. The van der Waals surface area contributed by atoms with Gasteiger partial charge in [0.2, 0.25) is 0 Å². The highest BCUT2D eigenvalue weighted by Crippen LogP contribution is 2.17. The Morgan fingerprint density at radius 2 is 1.45 bits per heavy atom. The van der Waals surface area contributed by atoms with Crippen molar-refractivity contribution in [3.63, 3.8) is 0 Å². The highest BCUT2D eigenvalue weighted by atomic mass is 16.5. The summed E-state index contributed by atoms with van der Waals surface area (Å²) in [6.45, 7) is 2.00. The zero-order valence-corrected chi connectivity index (χ0v) is 16.2. The molecular weight excluding hydrogens is 366 g/mol. The van der Waals surface area contributed by atoms with Gasteiger partial charge in [-0.05, 0) is 67.1 Å². The van der Waals surface area contributed by atoms with Crippen molar-refractivity contribution in [2.24, 2.45) is 0 Å². The number of hydrogen-bond acceptors (Lipinski definition) is 4. The van der Waals surface area contributed by atoms with Crippen LogP contribution in [-0.2, 0) is 4.79 Å². The normalized spacial score (nSPS) is 10.6. The minimum absolute atomic E-state index is 0.257. The third-order valence-electron chi connectivity index (χ3n) is 4.17. The molecule has 5 heteroatoms. The second kappa shape index (κ2) is 9.37. The summed E-state index contributed by atoms with van der Waals surface area (Å²) in [6.07, 6.45) is 3.06. The Balaban J connectivity index is 1.56. The lowest BCUT2D eigenvalue weighted by atomic mass is 10.1. The van der Waals surface area contributed by atoms with E-state index in [-0.39, 0.29) is 5.91 Å². The molecule has 0 aromatic heterocycles. The van der Waals surface area contributed by atoms with Crippen molar-refractivity contribution in [3.05, 3.63) is 95.6 Å². The highest BCUT2D eigenvalue weighted by molar-refractivity contribution is 6.04. The second-order valence-electron chi connectivity index (χ2n) is 6.37. The molecule has 0 fully saturated rings. The van der Waals surface area contributed by atoms with Crippen LogP contribution >= 0.6 is 0 Å². The third-order valence-corrected chi connectivity index (χ3v) is 4.17. The van der Waals surface area contributed by atoms with Gasteiger partial charge in [-0.15, -0.1) is 0 Å². The second-order valence-corrected chi connectivity index (χ2v) is 6.37. The number of anilines is 1. The Labute approximate surface area is 169 Å². The van der Waals surface area contributed by atoms with Gasteiger partial charge in [-0.2, -0.15) is 0 Å². The van der Waals surface area contributed by atoms with Crippen LogP contribution in [0.1, 0.15) is 21.5 Å². The van der Waals surface area contributed by atoms with Gasteiger partial charge in [-0.1, -0.05) is 29.8 Å². The maximum atomic E-state index is 12.3. The predicted octanol–water partition coefficient (Wildman–Crippen LogP) is 4.87. The molecule has 0 spiro atoms. The van der Waals surface area contributed by atoms with Crippen molar-refractivity contribution in [1.82, 2.24) is 0 Å². The largest absolute Gasteiger partial charge is 0.497 e. The number of amides is 1. The molecule has 0 heterocycles. The van der Waals surface area contributed by atoms with Gasteiger partial charge in [0.25, 0.3) is 5.91 Å². The first kappa shape index (κ1) is 19.9. The van der Waals surface area contributed by atoms with Crippen molar-refractivity contribution >= 4 is 23.6 Å². The van der Waals surface area contributed by atoms with Crippen molar-refractivity contribution in [2.45, 2.75) is 6.92 Å². The summed E-state index contributed by atoms with van der Waals surface area (Å²) in [5.74, 6) is 0.337. The van der Waals surface area contributed by atoms with E-state index >= 15 is 0 Å². The van der Waals surface area contributed by atoms with Crippen LogP contribution in [0.4, 0.5) is 5.69 Å². The number of methoxy groups -OCH3 is 1. The summed E-state index contributed by atoms with van der Waals surface area (Å²) in [7, 11) is 1.58. The van der Waals surface area contributed by atoms with Crippen LogP contribution in [0.25, 0.3) is 6.08 Å². The number of benzene rings is 3. The van der Waals surface area contributed by atoms with Crippen molar-refractivity contribution in [2.75, 3.05) is 12.4 Å². The number of nitrogens with one attached hydrogen (secondary N) is 1. The Bertz CT molecular complexity index is 1000. The van der Waals surface area contributed by atoms with Crippen LogP contribution in [0.2, 0.25) is 0 Å². The standard InChI is InChI=1S/C24H21NO4/c1-17-3-5-18(6-4-17)7-16-23(26)29-22-12-8-19(9-13-22)24(27)25-20-10-14-21(28-2)15-11-20/h3-16H,1-2H3,(H,25,27)/b16-7+. The van der Waals surface area contributed by atoms with Gasteiger partial charge in [0.05, 0.1) is 7.11 Å². The van der Waals surface area contributed by atoms with E-state index in [1.807, 2.05) is 31.2 Å². The molecule has 0 aliphatic carbocycles. The molecular formula is C24H21NO4. The van der Waals surface area contributed by atoms with Crippen LogP contribution < -0.4 is 14.8 Å². The first-order valence-electron chi connectivity index (χ1n) is 9.05. The van der Waals surface area contributed by atoms with Gasteiger partial charge < -0.3 is 14.8 Å². The van der Waals surface area contributed by atoms with E-state index in [0.717, 1.165) is 11.1 Å². The molecule has 5 nitrogen and oxygen atoms in total. The van der Waals surface area contributed by atoms with Crippen molar-refractivity contribution in [3.8, 4) is 11.5 Å². The van der Waals surface area contributed by atoms with Gasteiger partial charge in [-0.3, -0.25) is 4.79 Å². The fourth-order valence-corrected chi connectivity index (χ4v) is 2.54. The summed E-state index contributed by atoms with van der Waals surface area (Å²) in [5, 5.41) is 2.80. The van der Waals surface area contributed by atoms with E-state index in [9.17, 15) is 9.59 Å². The lowest BCUT2D eigenvalue weighted by molar-refractivity contribution is -0.128. The van der Waals surface area contributed by atoms with Crippen LogP contribution in [0, 0.1) is 6.92 Å². The minimum Gasteiger partial charge on any atom is -0.497 e. The predicted molar refractivity (Wildman–Crippen MR) is 113 cm³/mol. The fraction of sp³-hybridized carbons (Fsp3) is 0.0833. The smallest absolute Gasteiger partial charge is 0.336 e. The highest BCUT2D eigenvalue weighted by Gasteiger charge is 2.08. The SMILES string of the molecule is COc1ccc(NC(=O)c2ccc(OC(=O)/C=C/c3ccc(C)cc3)cc2)cc1. The number of aryl methyl sites for hydroxylation is 1. The summed E-state index contributed by atoms with van der Waals surface area (Å²) < 4.78 is 10.4. The first-order valence-corrected chi connectivity index (χ1v) is 9.05. The van der Waals surface area contributed by atoms with E-state index in [1.165, 1.54) is 6.08 Å². The lowest BCUT2D eigenvalue weighted by Crippen LogP contribution is -2.12. The molecule has 3 rings (SSSR count). The van der Waals surface area contributed by atoms with Crippen LogP contribution in [0.15, 0.2) is 78.9 Å². The molecule has 0 saturated carbocycles. The van der Waals surface area contributed by atoms with E-state index in [0.29, 0.717) is 22.7 Å². The molecule has 0 atom stereocenters. The molecule has 146 valence electrons. The number of esters is 1. The maximum Gasteiger partial charge on any atom is 0.336 e. The summed E-state index contributed by atoms with van der Waals surface area (Å²) in [4.78, 5) is 24.3. The summed E-state index contributed by atoms with van der Waals surface area (Å²) in [5.41, 5.74) is 3.18. The van der Waals surface area contributed by atoms with Gasteiger partial charge in [-0.25, -0.2) is 4.79 Å². The van der Waals surface area contributed by atoms with E-state index in [4.69, 9.17) is 9.47 Å². The summed E-state index contributed by atoms with van der Waals surface area (Å²) >= 11 is 0. The molecule has 0 saturated heterocycles. The minimum atomic E-state index is -0.485. The Hall–Kier alpha value is -3.86. The van der Waals surface area contributed by atoms with E-state index in [2.05, 4.69) is 5.32 Å². The van der Waals surface area contributed by atoms with Crippen molar-refractivity contribution in [1.29, 1.82) is 0 Å². The molecule has 0 aliphatic heterocycles. The van der Waals surface area contributed by atoms with E-state index < -0.39 is 5.97 Å². The zero-order valence-electron chi connectivity index (χ0n) is 16.2. The molecule has 29 heavy (non-hydrogen) atoms. The Morgan fingerprint density at radius 1 is 0.828 bits per heavy atom. The number of rotatable bonds is 6. The van der Waals surface area contributed by atoms with Crippen LogP contribution in [0.3, 0.4) is 0 Å². The van der Waals surface area contributed by atoms with Gasteiger partial charge in [0.1, 0.15) is 11.5 Å². The summed E-state index contributed by atoms with van der Waals surface area (Å²) in [6, 6.07) is 21.2. The average Bonchev–Trinajstić information content (AvgIpc) is 2.74. The number of ether oxygens (including phenoxy) is 2. The van der Waals surface area contributed by atoms with Gasteiger partial charge in [0.15, 0.2) is 0 Å². The molecule has 1 amide bonds. The molecule has 0 aliphatic rings. The average molecular weight is 387 g/mol. The molecule has 3 aromatic rings. The molecule has 1 N–H and O–H groups in total. The van der Waals surface area contributed by atoms with Crippen LogP contribution in [0.5, 0.6) is 11.5 Å². The number of carbonyl (C=O) groups is 2. The Kier molecular flexibility index (Phi) is 6.43. The molecule has 0 radical (unpaired) electrons.